The quantitative estimate of drug-likeness (QED) is 0.933. The first kappa shape index (κ1) is 13.7. The van der Waals surface area contributed by atoms with Gasteiger partial charge in [0.2, 0.25) is 0 Å². The Morgan fingerprint density at radius 2 is 2.19 bits per heavy atom. The van der Waals surface area contributed by atoms with Crippen molar-refractivity contribution in [3.63, 3.8) is 0 Å². The SMILES string of the molecule is CNC1CCc2cc(OCc3cccc(C#N)c3)ccc21. The van der Waals surface area contributed by atoms with Crippen LogP contribution in [0.5, 0.6) is 5.75 Å². The van der Waals surface area contributed by atoms with Crippen molar-refractivity contribution in [2.24, 2.45) is 0 Å². The highest BCUT2D eigenvalue weighted by Gasteiger charge is 2.20. The Labute approximate surface area is 125 Å². The smallest absolute Gasteiger partial charge is 0.120 e. The lowest BCUT2D eigenvalue weighted by Crippen LogP contribution is -2.12. The maximum atomic E-state index is 8.90. The van der Waals surface area contributed by atoms with Crippen LogP contribution < -0.4 is 10.1 Å². The molecule has 0 spiro atoms. The van der Waals surface area contributed by atoms with Crippen LogP contribution in [-0.4, -0.2) is 7.05 Å². The summed E-state index contributed by atoms with van der Waals surface area (Å²) in [6, 6.07) is 16.5. The molecule has 3 nitrogen and oxygen atoms in total. The average molecular weight is 278 g/mol. The molecule has 0 fully saturated rings. The first-order chi connectivity index (χ1) is 10.3. The Kier molecular flexibility index (Phi) is 3.89. The van der Waals surface area contributed by atoms with Crippen LogP contribution in [0.15, 0.2) is 42.5 Å². The number of nitriles is 1. The predicted molar refractivity (Wildman–Crippen MR) is 82.1 cm³/mol. The molecule has 1 N–H and O–H groups in total. The van der Waals surface area contributed by atoms with E-state index in [0.29, 0.717) is 18.2 Å². The minimum atomic E-state index is 0.473. The molecular weight excluding hydrogens is 260 g/mol. The number of benzene rings is 2. The molecule has 0 saturated carbocycles. The average Bonchev–Trinajstić information content (AvgIpc) is 2.95. The van der Waals surface area contributed by atoms with Crippen LogP contribution in [0.3, 0.4) is 0 Å². The molecule has 3 rings (SSSR count). The van der Waals surface area contributed by atoms with E-state index in [0.717, 1.165) is 24.2 Å². The van der Waals surface area contributed by atoms with Crippen LogP contribution >= 0.6 is 0 Å². The molecule has 3 heteroatoms. The molecule has 0 saturated heterocycles. The highest BCUT2D eigenvalue weighted by Crippen LogP contribution is 2.33. The molecule has 0 aliphatic heterocycles. The lowest BCUT2D eigenvalue weighted by Gasteiger charge is -2.11. The Bertz CT molecular complexity index is 688. The monoisotopic (exact) mass is 278 g/mol. The molecule has 0 radical (unpaired) electrons. The zero-order valence-electron chi connectivity index (χ0n) is 12.1. The van der Waals surface area contributed by atoms with Crippen LogP contribution in [0.2, 0.25) is 0 Å². The molecule has 21 heavy (non-hydrogen) atoms. The number of fused-ring (bicyclic) bond motifs is 1. The van der Waals surface area contributed by atoms with Gasteiger partial charge in [-0.05, 0) is 60.8 Å². The number of nitrogens with zero attached hydrogens (tertiary/aromatic N) is 1. The Morgan fingerprint density at radius 3 is 3.00 bits per heavy atom. The summed E-state index contributed by atoms with van der Waals surface area (Å²) in [5.74, 6) is 0.896. The molecule has 0 heterocycles. The van der Waals surface area contributed by atoms with E-state index in [1.807, 2.05) is 31.3 Å². The van der Waals surface area contributed by atoms with Gasteiger partial charge in [0.25, 0.3) is 0 Å². The summed E-state index contributed by atoms with van der Waals surface area (Å²) in [5, 5.41) is 12.2. The third kappa shape index (κ3) is 2.91. The number of hydrogen-bond donors (Lipinski definition) is 1. The van der Waals surface area contributed by atoms with Gasteiger partial charge in [-0.1, -0.05) is 18.2 Å². The summed E-state index contributed by atoms with van der Waals surface area (Å²) < 4.78 is 5.86. The molecule has 2 aromatic carbocycles. The molecular formula is C18H18N2O. The maximum Gasteiger partial charge on any atom is 0.120 e. The van der Waals surface area contributed by atoms with Gasteiger partial charge in [-0.2, -0.15) is 5.26 Å². The van der Waals surface area contributed by atoms with E-state index in [4.69, 9.17) is 10.00 Å². The van der Waals surface area contributed by atoms with Crippen molar-refractivity contribution in [2.75, 3.05) is 7.05 Å². The van der Waals surface area contributed by atoms with Gasteiger partial charge in [-0.15, -0.1) is 0 Å². The maximum absolute atomic E-state index is 8.90. The third-order valence-electron chi connectivity index (χ3n) is 4.00. The van der Waals surface area contributed by atoms with Gasteiger partial charge < -0.3 is 10.1 Å². The van der Waals surface area contributed by atoms with Crippen molar-refractivity contribution in [3.05, 3.63) is 64.7 Å². The second kappa shape index (κ2) is 5.99. The van der Waals surface area contributed by atoms with Gasteiger partial charge in [0.05, 0.1) is 11.6 Å². The van der Waals surface area contributed by atoms with Crippen molar-refractivity contribution in [3.8, 4) is 11.8 Å². The summed E-state index contributed by atoms with van der Waals surface area (Å²) in [7, 11) is 2.01. The molecule has 1 atom stereocenters. The van der Waals surface area contributed by atoms with Crippen molar-refractivity contribution in [2.45, 2.75) is 25.5 Å². The second-order valence-electron chi connectivity index (χ2n) is 5.34. The minimum absolute atomic E-state index is 0.473. The van der Waals surface area contributed by atoms with Gasteiger partial charge in [0.1, 0.15) is 12.4 Å². The predicted octanol–water partition coefficient (Wildman–Crippen LogP) is 3.34. The van der Waals surface area contributed by atoms with Crippen molar-refractivity contribution >= 4 is 0 Å². The number of ether oxygens (including phenoxy) is 1. The Hall–Kier alpha value is -2.31. The standard InChI is InChI=1S/C18H18N2O/c1-20-18-8-5-15-10-16(6-7-17(15)18)21-12-14-4-2-3-13(9-14)11-19/h2-4,6-7,9-10,18,20H,5,8,12H2,1H3. The first-order valence-corrected chi connectivity index (χ1v) is 7.22. The Balaban J connectivity index is 1.70. The van der Waals surface area contributed by atoms with E-state index < -0.39 is 0 Å². The van der Waals surface area contributed by atoms with Gasteiger partial charge in [-0.25, -0.2) is 0 Å². The van der Waals surface area contributed by atoms with Crippen molar-refractivity contribution in [1.29, 1.82) is 5.26 Å². The van der Waals surface area contributed by atoms with E-state index >= 15 is 0 Å². The Morgan fingerprint density at radius 1 is 1.29 bits per heavy atom. The van der Waals surface area contributed by atoms with Crippen LogP contribution in [0.1, 0.15) is 34.7 Å². The number of nitrogens with one attached hydrogen (secondary N) is 1. The van der Waals surface area contributed by atoms with Gasteiger partial charge in [0, 0.05) is 6.04 Å². The molecule has 0 aromatic heterocycles. The molecule has 0 amide bonds. The van der Waals surface area contributed by atoms with E-state index in [2.05, 4.69) is 23.5 Å². The van der Waals surface area contributed by atoms with Gasteiger partial charge in [-0.3, -0.25) is 0 Å². The number of hydrogen-bond acceptors (Lipinski definition) is 3. The van der Waals surface area contributed by atoms with Crippen LogP contribution in [0.25, 0.3) is 0 Å². The molecule has 1 aliphatic rings. The van der Waals surface area contributed by atoms with Gasteiger partial charge in [0.15, 0.2) is 0 Å². The normalized spacial score (nSPS) is 16.3. The van der Waals surface area contributed by atoms with E-state index in [9.17, 15) is 0 Å². The summed E-state index contributed by atoms with van der Waals surface area (Å²) in [5.41, 5.74) is 4.44. The minimum Gasteiger partial charge on any atom is -0.489 e. The molecule has 106 valence electrons. The third-order valence-corrected chi connectivity index (χ3v) is 4.00. The van der Waals surface area contributed by atoms with Crippen molar-refractivity contribution < 1.29 is 4.74 Å². The summed E-state index contributed by atoms with van der Waals surface area (Å²) in [4.78, 5) is 0. The van der Waals surface area contributed by atoms with E-state index in [-0.39, 0.29) is 0 Å². The molecule has 0 bridgehead atoms. The molecule has 2 aromatic rings. The highest BCUT2D eigenvalue weighted by molar-refractivity contribution is 5.41. The van der Waals surface area contributed by atoms with E-state index in [1.165, 1.54) is 11.1 Å². The lowest BCUT2D eigenvalue weighted by atomic mass is 10.1. The summed E-state index contributed by atoms with van der Waals surface area (Å²) in [6.45, 7) is 0.490. The fraction of sp³-hybridized carbons (Fsp3) is 0.278. The van der Waals surface area contributed by atoms with Gasteiger partial charge >= 0.3 is 0 Å². The zero-order chi connectivity index (χ0) is 14.7. The number of rotatable bonds is 4. The zero-order valence-corrected chi connectivity index (χ0v) is 12.1. The largest absolute Gasteiger partial charge is 0.489 e. The summed E-state index contributed by atoms with van der Waals surface area (Å²) >= 11 is 0. The number of aryl methyl sites for hydroxylation is 1. The molecule has 1 unspecified atom stereocenters. The highest BCUT2D eigenvalue weighted by atomic mass is 16.5. The second-order valence-corrected chi connectivity index (χ2v) is 5.34. The fourth-order valence-corrected chi connectivity index (χ4v) is 2.88. The topological polar surface area (TPSA) is 45.0 Å². The van der Waals surface area contributed by atoms with Crippen LogP contribution in [0, 0.1) is 11.3 Å². The van der Waals surface area contributed by atoms with Crippen LogP contribution in [0.4, 0.5) is 0 Å². The lowest BCUT2D eigenvalue weighted by molar-refractivity contribution is 0.306. The van der Waals surface area contributed by atoms with E-state index in [1.54, 1.807) is 6.07 Å². The fourth-order valence-electron chi connectivity index (χ4n) is 2.88. The summed E-state index contributed by atoms with van der Waals surface area (Å²) in [6.07, 6.45) is 2.25. The first-order valence-electron chi connectivity index (χ1n) is 7.22. The molecule has 1 aliphatic carbocycles. The van der Waals surface area contributed by atoms with Crippen molar-refractivity contribution in [1.82, 2.24) is 5.32 Å². The van der Waals surface area contributed by atoms with Crippen LogP contribution in [-0.2, 0) is 13.0 Å².